The zero-order valence-electron chi connectivity index (χ0n) is 9.99. The van der Waals surface area contributed by atoms with Gasteiger partial charge in [-0.25, -0.2) is 0 Å². The van der Waals surface area contributed by atoms with Crippen LogP contribution < -0.4 is 0 Å². The fourth-order valence-corrected chi connectivity index (χ4v) is 1.65. The molecule has 6 nitrogen and oxygen atoms in total. The number of hydrogen-bond donors (Lipinski definition) is 2. The molecule has 0 aliphatic carbocycles. The molecule has 2 N–H and O–H groups in total. The van der Waals surface area contributed by atoms with Crippen molar-refractivity contribution in [3.63, 3.8) is 0 Å². The maximum absolute atomic E-state index is 10.8. The molecule has 2 aliphatic heterocycles. The van der Waals surface area contributed by atoms with Crippen LogP contribution in [0.2, 0.25) is 0 Å². The van der Waals surface area contributed by atoms with Crippen molar-refractivity contribution in [1.82, 2.24) is 9.80 Å². The van der Waals surface area contributed by atoms with E-state index in [4.69, 9.17) is 10.2 Å². The molecule has 0 atom stereocenters. The Hall–Kier alpha value is -2.94. The van der Waals surface area contributed by atoms with Crippen molar-refractivity contribution in [1.29, 1.82) is 0 Å². The Morgan fingerprint density at radius 1 is 1.11 bits per heavy atom. The van der Waals surface area contributed by atoms with Gasteiger partial charge in [-0.2, -0.15) is 9.59 Å². The van der Waals surface area contributed by atoms with Crippen LogP contribution in [-0.2, 0) is 0 Å². The number of carbonyl (C=O) groups is 2. The maximum Gasteiger partial charge on any atom is 0.506 e. The van der Waals surface area contributed by atoms with Crippen LogP contribution in [0.4, 0.5) is 9.59 Å². The van der Waals surface area contributed by atoms with Crippen LogP contribution >= 0.6 is 0 Å². The number of carboxylic acid groups (broad SMARTS) is 2. The predicted octanol–water partition coefficient (Wildman–Crippen LogP) is 2.32. The maximum atomic E-state index is 10.8. The SMILES string of the molecule is CC1=[C+]N(C(=O)O)C=CC1=C1C=[C+]N(C(=O)O)C=C1. The number of allylic oxidation sites excluding steroid dienone is 6. The van der Waals surface area contributed by atoms with Crippen LogP contribution in [0.1, 0.15) is 6.92 Å². The largest absolute Gasteiger partial charge is 0.506 e. The average Bonchev–Trinajstić information content (AvgIpc) is 2.38. The highest BCUT2D eigenvalue weighted by Gasteiger charge is 2.27. The molecular formula is C13H10N2O4+2. The molecular weight excluding hydrogens is 248 g/mol. The smallest absolute Gasteiger partial charge is 0.419 e. The molecule has 94 valence electrons. The number of nitrogens with zero attached hydrogens (tertiary/aromatic N) is 2. The molecule has 0 spiro atoms. The summed E-state index contributed by atoms with van der Waals surface area (Å²) in [6, 6.07) is 0. The fourth-order valence-electron chi connectivity index (χ4n) is 1.65. The summed E-state index contributed by atoms with van der Waals surface area (Å²) in [6.07, 6.45) is 10.6. The minimum atomic E-state index is -1.12. The first-order chi connectivity index (χ1) is 8.99. The summed E-state index contributed by atoms with van der Waals surface area (Å²) in [6.45, 7) is 1.73. The van der Waals surface area contributed by atoms with Gasteiger partial charge in [0.15, 0.2) is 0 Å². The van der Waals surface area contributed by atoms with Crippen molar-refractivity contribution in [2.75, 3.05) is 0 Å². The van der Waals surface area contributed by atoms with E-state index in [-0.39, 0.29) is 0 Å². The van der Waals surface area contributed by atoms with Gasteiger partial charge < -0.3 is 10.2 Å². The van der Waals surface area contributed by atoms with Crippen molar-refractivity contribution < 1.29 is 19.8 Å². The second kappa shape index (κ2) is 4.74. The van der Waals surface area contributed by atoms with E-state index in [1.165, 1.54) is 18.5 Å². The van der Waals surface area contributed by atoms with E-state index in [1.807, 2.05) is 0 Å². The molecule has 0 aromatic rings. The van der Waals surface area contributed by atoms with E-state index in [2.05, 4.69) is 12.4 Å². The summed E-state index contributed by atoms with van der Waals surface area (Å²) in [7, 11) is 0. The Morgan fingerprint density at radius 2 is 1.74 bits per heavy atom. The number of hydrogen-bond acceptors (Lipinski definition) is 2. The second-order valence-electron chi connectivity index (χ2n) is 3.82. The highest BCUT2D eigenvalue weighted by Crippen LogP contribution is 2.24. The minimum Gasteiger partial charge on any atom is -0.419 e. The lowest BCUT2D eigenvalue weighted by atomic mass is 9.98. The zero-order valence-corrected chi connectivity index (χ0v) is 9.99. The molecule has 0 fully saturated rings. The van der Waals surface area contributed by atoms with Crippen molar-refractivity contribution in [3.8, 4) is 0 Å². The first-order valence-corrected chi connectivity index (χ1v) is 5.34. The van der Waals surface area contributed by atoms with Crippen LogP contribution in [0, 0.1) is 12.4 Å². The van der Waals surface area contributed by atoms with Gasteiger partial charge in [0, 0.05) is 0 Å². The molecule has 0 aromatic carbocycles. The highest BCUT2D eigenvalue weighted by atomic mass is 16.4. The van der Waals surface area contributed by atoms with Crippen LogP contribution in [-0.4, -0.2) is 32.2 Å². The third-order valence-electron chi connectivity index (χ3n) is 2.57. The van der Waals surface area contributed by atoms with Gasteiger partial charge in [-0.05, 0) is 6.92 Å². The number of amides is 2. The van der Waals surface area contributed by atoms with E-state index >= 15 is 0 Å². The molecule has 2 rings (SSSR count). The van der Waals surface area contributed by atoms with E-state index < -0.39 is 12.2 Å². The average molecular weight is 258 g/mol. The lowest BCUT2D eigenvalue weighted by Gasteiger charge is -2.07. The van der Waals surface area contributed by atoms with E-state index in [9.17, 15) is 9.59 Å². The van der Waals surface area contributed by atoms with Gasteiger partial charge in [-0.3, -0.25) is 0 Å². The summed E-state index contributed by atoms with van der Waals surface area (Å²) in [4.78, 5) is 23.3. The molecule has 0 saturated heterocycles. The zero-order chi connectivity index (χ0) is 14.0. The Balaban J connectivity index is 2.28. The van der Waals surface area contributed by atoms with E-state index in [0.29, 0.717) is 5.57 Å². The summed E-state index contributed by atoms with van der Waals surface area (Å²) in [5.41, 5.74) is 2.15. The highest BCUT2D eigenvalue weighted by molar-refractivity contribution is 5.70. The molecule has 6 heteroatoms. The lowest BCUT2D eigenvalue weighted by molar-refractivity contribution is 0.172. The Labute approximate surface area is 109 Å². The first-order valence-electron chi connectivity index (χ1n) is 5.34. The van der Waals surface area contributed by atoms with Gasteiger partial charge in [-0.1, -0.05) is 9.80 Å². The molecule has 0 bridgehead atoms. The Kier molecular flexibility index (Phi) is 3.12. The molecule has 2 amide bonds. The molecule has 0 unspecified atom stereocenters. The third-order valence-corrected chi connectivity index (χ3v) is 2.57. The monoisotopic (exact) mass is 258 g/mol. The fraction of sp³-hybridized carbons (Fsp3) is 0.0769. The van der Waals surface area contributed by atoms with Crippen molar-refractivity contribution in [2.45, 2.75) is 6.92 Å². The van der Waals surface area contributed by atoms with Crippen LogP contribution in [0.3, 0.4) is 0 Å². The van der Waals surface area contributed by atoms with E-state index in [0.717, 1.165) is 20.9 Å². The standard InChI is InChI=1S/C13H8N2O4/c1-9-8-15(13(18)19)7-4-11(9)10-2-5-14(6-3-10)12(16)17/h2-5,7H,1H3/p+2. The quantitative estimate of drug-likeness (QED) is 0.653. The van der Waals surface area contributed by atoms with Crippen LogP contribution in [0.5, 0.6) is 0 Å². The van der Waals surface area contributed by atoms with Crippen molar-refractivity contribution >= 4 is 12.2 Å². The molecule has 19 heavy (non-hydrogen) atoms. The van der Waals surface area contributed by atoms with Crippen LogP contribution in [0.15, 0.2) is 47.3 Å². The molecule has 2 heterocycles. The van der Waals surface area contributed by atoms with Crippen molar-refractivity contribution in [3.05, 3.63) is 59.7 Å². The first kappa shape index (κ1) is 12.5. The molecule has 0 radical (unpaired) electrons. The minimum absolute atomic E-state index is 0.645. The van der Waals surface area contributed by atoms with Gasteiger partial charge in [0.2, 0.25) is 0 Å². The molecule has 0 aromatic heterocycles. The van der Waals surface area contributed by atoms with Crippen molar-refractivity contribution in [2.24, 2.45) is 0 Å². The van der Waals surface area contributed by atoms with Crippen LogP contribution in [0.25, 0.3) is 0 Å². The molecule has 2 aliphatic rings. The van der Waals surface area contributed by atoms with Gasteiger partial charge in [0.25, 0.3) is 0 Å². The number of rotatable bonds is 0. The Morgan fingerprint density at radius 3 is 2.21 bits per heavy atom. The normalized spacial score (nSPS) is 20.8. The summed E-state index contributed by atoms with van der Waals surface area (Å²) >= 11 is 0. The van der Waals surface area contributed by atoms with Gasteiger partial charge in [-0.15, -0.1) is 0 Å². The summed E-state index contributed by atoms with van der Waals surface area (Å²) in [5, 5.41) is 17.6. The van der Waals surface area contributed by atoms with Gasteiger partial charge >= 0.3 is 12.2 Å². The van der Waals surface area contributed by atoms with Gasteiger partial charge in [0.1, 0.15) is 47.6 Å². The van der Waals surface area contributed by atoms with E-state index in [1.54, 1.807) is 19.1 Å². The second-order valence-corrected chi connectivity index (χ2v) is 3.82. The lowest BCUT2D eigenvalue weighted by Crippen LogP contribution is -2.21. The predicted molar refractivity (Wildman–Crippen MR) is 65.3 cm³/mol. The summed E-state index contributed by atoms with van der Waals surface area (Å²) in [5.74, 6) is 0. The Bertz CT molecular complexity index is 565. The van der Waals surface area contributed by atoms with Gasteiger partial charge in [0.05, 0.1) is 12.2 Å². The summed E-state index contributed by atoms with van der Waals surface area (Å²) < 4.78 is 0. The molecule has 0 saturated carbocycles. The topological polar surface area (TPSA) is 81.1 Å². The third kappa shape index (κ3) is 2.50.